The van der Waals surface area contributed by atoms with Crippen LogP contribution in [0.3, 0.4) is 0 Å². The Morgan fingerprint density at radius 3 is 2.58 bits per heavy atom. The van der Waals surface area contributed by atoms with Crippen LogP contribution in [0.4, 0.5) is 0 Å². The lowest BCUT2D eigenvalue weighted by molar-refractivity contribution is -0.134. The summed E-state index contributed by atoms with van der Waals surface area (Å²) < 4.78 is 0. The maximum absolute atomic E-state index is 13.3. The summed E-state index contributed by atoms with van der Waals surface area (Å²) in [4.78, 5) is 17.8. The van der Waals surface area contributed by atoms with Gasteiger partial charge in [0.2, 0.25) is 0 Å². The minimum absolute atomic E-state index is 0.0162. The molecule has 4 heterocycles. The topological polar surface area (TPSA) is 56.1 Å². The second-order valence-corrected chi connectivity index (χ2v) is 9.69. The second kappa shape index (κ2) is 8.78. The number of carbonyl (C=O) groups excluding carboxylic acids is 1. The molecule has 0 spiro atoms. The fourth-order valence-electron chi connectivity index (χ4n) is 4.09. The Hall–Kier alpha value is -2.74. The molecule has 5 rings (SSSR count). The molecule has 1 N–H and O–H groups in total. The quantitative estimate of drug-likeness (QED) is 0.598. The van der Waals surface area contributed by atoms with Gasteiger partial charge in [-0.3, -0.25) is 9.69 Å². The fraction of sp³-hybridized carbons (Fsp3) is 0.250. The van der Waals surface area contributed by atoms with E-state index in [1.54, 1.807) is 39.8 Å². The van der Waals surface area contributed by atoms with Crippen molar-refractivity contribution in [1.82, 2.24) is 9.91 Å². The Labute approximate surface area is 189 Å². The monoisotopic (exact) mass is 449 g/mol. The summed E-state index contributed by atoms with van der Waals surface area (Å²) >= 11 is 3.35. The number of nitrogens with zero attached hydrogens (tertiary/aromatic N) is 3. The van der Waals surface area contributed by atoms with Crippen molar-refractivity contribution in [2.24, 2.45) is 5.10 Å². The van der Waals surface area contributed by atoms with Crippen LogP contribution in [0.1, 0.15) is 34.2 Å². The first-order chi connectivity index (χ1) is 15.2. The molecule has 1 aromatic carbocycles. The van der Waals surface area contributed by atoms with Crippen molar-refractivity contribution in [1.29, 1.82) is 0 Å². The number of benzene rings is 1. The first-order valence-electron chi connectivity index (χ1n) is 10.3. The van der Waals surface area contributed by atoms with Crippen LogP contribution in [0.15, 0.2) is 70.5 Å². The molecule has 3 aromatic rings. The first-order valence-corrected chi connectivity index (χ1v) is 12.1. The number of thiophene rings is 2. The molecule has 0 saturated heterocycles. The molecule has 2 aromatic heterocycles. The summed E-state index contributed by atoms with van der Waals surface area (Å²) in [5.41, 5.74) is 3.39. The Morgan fingerprint density at radius 2 is 1.90 bits per heavy atom. The molecule has 0 saturated carbocycles. The van der Waals surface area contributed by atoms with Crippen LogP contribution in [0, 0.1) is 0 Å². The Morgan fingerprint density at radius 1 is 1.10 bits per heavy atom. The summed E-state index contributed by atoms with van der Waals surface area (Å²) in [5.74, 6) is 0.326. The van der Waals surface area contributed by atoms with E-state index < -0.39 is 0 Å². The summed E-state index contributed by atoms with van der Waals surface area (Å²) in [5, 5.41) is 20.1. The number of amides is 1. The number of hydrogen-bond acceptors (Lipinski definition) is 6. The van der Waals surface area contributed by atoms with Crippen LogP contribution in [-0.2, 0) is 4.79 Å². The first kappa shape index (κ1) is 20.2. The van der Waals surface area contributed by atoms with Gasteiger partial charge in [0, 0.05) is 24.4 Å². The lowest BCUT2D eigenvalue weighted by Gasteiger charge is -2.28. The average Bonchev–Trinajstić information content (AvgIpc) is 3.56. The maximum Gasteiger partial charge on any atom is 0.257 e. The highest BCUT2D eigenvalue weighted by molar-refractivity contribution is 7.12. The van der Waals surface area contributed by atoms with Gasteiger partial charge in [0.15, 0.2) is 0 Å². The van der Waals surface area contributed by atoms with Gasteiger partial charge in [-0.1, -0.05) is 30.3 Å². The van der Waals surface area contributed by atoms with Crippen molar-refractivity contribution in [2.75, 3.05) is 19.6 Å². The molecule has 2 aliphatic heterocycles. The van der Waals surface area contributed by atoms with Gasteiger partial charge in [-0.05, 0) is 52.6 Å². The lowest BCUT2D eigenvalue weighted by atomic mass is 9.99. The zero-order valence-corrected chi connectivity index (χ0v) is 18.6. The third kappa shape index (κ3) is 4.35. The van der Waals surface area contributed by atoms with E-state index in [1.165, 1.54) is 10.5 Å². The highest BCUT2D eigenvalue weighted by Crippen LogP contribution is 2.36. The second-order valence-electron chi connectivity index (χ2n) is 7.76. The summed E-state index contributed by atoms with van der Waals surface area (Å²) in [6, 6.07) is 15.5. The van der Waals surface area contributed by atoms with Gasteiger partial charge in [-0.2, -0.15) is 5.10 Å². The average molecular weight is 450 g/mol. The maximum atomic E-state index is 13.3. The summed E-state index contributed by atoms with van der Waals surface area (Å²) in [6.07, 6.45) is 3.83. The van der Waals surface area contributed by atoms with Crippen LogP contribution in [0.2, 0.25) is 0 Å². The number of rotatable bonds is 5. The number of aromatic hydroxyl groups is 1. The molecule has 1 amide bonds. The molecular formula is C24H23N3O2S2. The van der Waals surface area contributed by atoms with E-state index in [-0.39, 0.29) is 17.7 Å². The number of phenols is 1. The molecule has 0 radical (unpaired) electrons. The van der Waals surface area contributed by atoms with Gasteiger partial charge in [0.05, 0.1) is 23.2 Å². The van der Waals surface area contributed by atoms with Crippen LogP contribution >= 0.6 is 22.7 Å². The van der Waals surface area contributed by atoms with E-state index in [2.05, 4.69) is 28.5 Å². The largest absolute Gasteiger partial charge is 0.508 e. The normalized spacial score (nSPS) is 19.4. The fourth-order valence-corrected chi connectivity index (χ4v) is 5.62. The molecule has 0 bridgehead atoms. The van der Waals surface area contributed by atoms with Crippen LogP contribution in [-0.4, -0.2) is 46.3 Å². The third-order valence-electron chi connectivity index (χ3n) is 5.73. The zero-order valence-electron chi connectivity index (χ0n) is 17.0. The van der Waals surface area contributed by atoms with Crippen LogP contribution in [0.5, 0.6) is 5.75 Å². The van der Waals surface area contributed by atoms with Crippen molar-refractivity contribution in [3.63, 3.8) is 0 Å². The van der Waals surface area contributed by atoms with Gasteiger partial charge in [0.25, 0.3) is 5.91 Å². The molecule has 7 heteroatoms. The van der Waals surface area contributed by atoms with Crippen molar-refractivity contribution >= 4 is 39.9 Å². The number of carbonyl (C=O) groups is 1. The molecule has 0 aliphatic carbocycles. The van der Waals surface area contributed by atoms with E-state index in [4.69, 9.17) is 5.10 Å². The minimum atomic E-state index is -0.0162. The standard InChI is InChI=1S/C24H23N3O2S2/c28-19-7-5-17(6-8-19)18-9-11-26(12-10-18)16-24(29)27-21(23-4-2-14-31-23)15-20(25-27)22-3-1-13-30-22/h1-9,13-14,21,28H,10-12,15-16H2. The molecule has 31 heavy (non-hydrogen) atoms. The Kier molecular flexibility index (Phi) is 5.72. The lowest BCUT2D eigenvalue weighted by Crippen LogP contribution is -2.39. The van der Waals surface area contributed by atoms with Gasteiger partial charge in [0.1, 0.15) is 5.75 Å². The number of hydrazone groups is 1. The molecule has 1 atom stereocenters. The smallest absolute Gasteiger partial charge is 0.257 e. The van der Waals surface area contributed by atoms with Crippen LogP contribution in [0.25, 0.3) is 5.57 Å². The molecule has 1 unspecified atom stereocenters. The highest BCUT2D eigenvalue weighted by Gasteiger charge is 2.34. The van der Waals surface area contributed by atoms with E-state index >= 15 is 0 Å². The van der Waals surface area contributed by atoms with Crippen LogP contribution < -0.4 is 0 Å². The van der Waals surface area contributed by atoms with Crippen molar-refractivity contribution in [3.8, 4) is 5.75 Å². The highest BCUT2D eigenvalue weighted by atomic mass is 32.1. The summed E-state index contributed by atoms with van der Waals surface area (Å²) in [6.45, 7) is 1.93. The summed E-state index contributed by atoms with van der Waals surface area (Å²) in [7, 11) is 0. The van der Waals surface area contributed by atoms with E-state index in [0.717, 1.165) is 42.1 Å². The van der Waals surface area contributed by atoms with E-state index in [0.29, 0.717) is 6.54 Å². The Bertz CT molecular complexity index is 1100. The number of hydrogen-bond donors (Lipinski definition) is 1. The third-order valence-corrected chi connectivity index (χ3v) is 7.63. The molecule has 158 valence electrons. The SMILES string of the molecule is O=C(CN1CC=C(c2ccc(O)cc2)CC1)N1N=C(c2cccs2)CC1c1cccs1. The molecular weight excluding hydrogens is 426 g/mol. The van der Waals surface area contributed by atoms with E-state index in [1.807, 2.05) is 29.6 Å². The molecule has 5 nitrogen and oxygen atoms in total. The van der Waals surface area contributed by atoms with Crippen molar-refractivity contribution in [3.05, 3.63) is 80.7 Å². The van der Waals surface area contributed by atoms with Gasteiger partial charge in [-0.25, -0.2) is 5.01 Å². The van der Waals surface area contributed by atoms with Gasteiger partial charge >= 0.3 is 0 Å². The predicted octanol–water partition coefficient (Wildman–Crippen LogP) is 4.98. The molecule has 2 aliphatic rings. The zero-order chi connectivity index (χ0) is 21.2. The Balaban J connectivity index is 1.29. The molecule has 0 fully saturated rings. The van der Waals surface area contributed by atoms with Crippen molar-refractivity contribution in [2.45, 2.75) is 18.9 Å². The van der Waals surface area contributed by atoms with Gasteiger partial charge < -0.3 is 5.11 Å². The predicted molar refractivity (Wildman–Crippen MR) is 127 cm³/mol. The van der Waals surface area contributed by atoms with E-state index in [9.17, 15) is 9.90 Å². The van der Waals surface area contributed by atoms with Crippen molar-refractivity contribution < 1.29 is 9.90 Å². The van der Waals surface area contributed by atoms with Gasteiger partial charge in [-0.15, -0.1) is 22.7 Å². The minimum Gasteiger partial charge on any atom is -0.508 e. The number of phenolic OH excluding ortho intramolecular Hbond substituents is 1.